The number of hydrogen-bond acceptors (Lipinski definition) is 6. The lowest BCUT2D eigenvalue weighted by Gasteiger charge is -2.56. The number of nitrogens with one attached hydrogen (secondary N) is 2. The number of benzene rings is 3. The Morgan fingerprint density at radius 2 is 1.53 bits per heavy atom. The molecule has 4 aliphatic carbocycles. The van der Waals surface area contributed by atoms with Crippen LogP contribution in [0.5, 0.6) is 0 Å². The Hall–Kier alpha value is -3.37. The number of carbonyl (C=O) groups is 2. The van der Waals surface area contributed by atoms with Gasteiger partial charge in [-0.05, 0) is 104 Å². The standard InChI is InChI=1S/C36H40N2O6S/c39-20-22-4-6-26(7-5-22)32-16-30(21-45-31-10-8-27(9-11-31)33(40)41)43-34(44-32)28-2-1-3-29(15-28)37-35(42)38-36-17-23-12-24(18-36)14-25(13-23)19-36/h1-11,15,23-25,30,32,34,39H,12-14,16-21H2,(H,40,41)(H2,37,38,42)/t23?,24?,25?,30-,32+,34+,36?/m1/s1. The molecular formula is C36H40N2O6S. The van der Waals surface area contributed by atoms with Gasteiger partial charge in [-0.15, -0.1) is 11.8 Å². The normalized spacial score (nSPS) is 30.2. The molecule has 236 valence electrons. The number of ether oxygens (including phenoxy) is 2. The first-order valence-corrected chi connectivity index (χ1v) is 17.0. The molecule has 4 saturated carbocycles. The lowest BCUT2D eigenvalue weighted by molar-refractivity contribution is -0.245. The zero-order valence-electron chi connectivity index (χ0n) is 25.2. The van der Waals surface area contributed by atoms with Gasteiger partial charge in [0.05, 0.1) is 24.4 Å². The van der Waals surface area contributed by atoms with Gasteiger partial charge in [0, 0.05) is 33.9 Å². The highest BCUT2D eigenvalue weighted by atomic mass is 32.2. The molecule has 4 N–H and O–H groups in total. The molecule has 3 aromatic rings. The summed E-state index contributed by atoms with van der Waals surface area (Å²) in [5.41, 5.74) is 3.55. The van der Waals surface area contributed by atoms with E-state index in [9.17, 15) is 19.8 Å². The van der Waals surface area contributed by atoms with Crippen molar-refractivity contribution in [1.82, 2.24) is 5.32 Å². The van der Waals surface area contributed by atoms with Gasteiger partial charge >= 0.3 is 12.0 Å². The lowest BCUT2D eigenvalue weighted by Crippen LogP contribution is -2.60. The predicted octanol–water partition coefficient (Wildman–Crippen LogP) is 7.31. The summed E-state index contributed by atoms with van der Waals surface area (Å²) in [5, 5.41) is 25.2. The quantitative estimate of drug-likeness (QED) is 0.184. The van der Waals surface area contributed by atoms with Crippen molar-refractivity contribution >= 4 is 29.4 Å². The second-order valence-electron chi connectivity index (χ2n) is 13.4. The lowest BCUT2D eigenvalue weighted by atomic mass is 9.53. The molecule has 0 spiro atoms. The molecule has 9 heteroatoms. The smallest absolute Gasteiger partial charge is 0.335 e. The second kappa shape index (κ2) is 12.8. The van der Waals surface area contributed by atoms with E-state index in [2.05, 4.69) is 10.6 Å². The molecule has 45 heavy (non-hydrogen) atoms. The molecule has 1 heterocycles. The topological polar surface area (TPSA) is 117 Å². The van der Waals surface area contributed by atoms with Crippen molar-refractivity contribution in [3.8, 4) is 0 Å². The Kier molecular flexibility index (Phi) is 8.61. The zero-order valence-corrected chi connectivity index (χ0v) is 26.0. The number of anilines is 1. The number of aliphatic hydroxyl groups excluding tert-OH is 1. The van der Waals surface area contributed by atoms with Gasteiger partial charge in [0.2, 0.25) is 0 Å². The highest BCUT2D eigenvalue weighted by Gasteiger charge is 2.51. The fourth-order valence-electron chi connectivity index (χ4n) is 8.34. The zero-order chi connectivity index (χ0) is 31.0. The molecule has 8 nitrogen and oxygen atoms in total. The number of amides is 2. The number of thioether (sulfide) groups is 1. The minimum atomic E-state index is -0.945. The summed E-state index contributed by atoms with van der Waals surface area (Å²) in [4.78, 5) is 25.5. The minimum absolute atomic E-state index is 0.0201. The number of hydrogen-bond donors (Lipinski definition) is 4. The van der Waals surface area contributed by atoms with E-state index in [1.54, 1.807) is 23.9 Å². The van der Waals surface area contributed by atoms with Crippen LogP contribution in [0, 0.1) is 17.8 Å². The Morgan fingerprint density at radius 1 is 0.844 bits per heavy atom. The van der Waals surface area contributed by atoms with Gasteiger partial charge in [-0.1, -0.05) is 36.4 Å². The van der Waals surface area contributed by atoms with Crippen LogP contribution in [0.25, 0.3) is 0 Å². The van der Waals surface area contributed by atoms with Crippen LogP contribution in [0.2, 0.25) is 0 Å². The molecule has 1 aliphatic heterocycles. The molecule has 0 radical (unpaired) electrons. The number of carboxylic acids is 1. The summed E-state index contributed by atoms with van der Waals surface area (Å²) in [5.74, 6) is 1.97. The molecular weight excluding hydrogens is 588 g/mol. The Morgan fingerprint density at radius 3 is 2.18 bits per heavy atom. The third-order valence-electron chi connectivity index (χ3n) is 9.99. The number of carboxylic acid groups (broad SMARTS) is 1. The maximum Gasteiger partial charge on any atom is 0.335 e. The van der Waals surface area contributed by atoms with E-state index >= 15 is 0 Å². The maximum atomic E-state index is 13.3. The average molecular weight is 629 g/mol. The van der Waals surface area contributed by atoms with Crippen molar-refractivity contribution < 1.29 is 29.3 Å². The summed E-state index contributed by atoms with van der Waals surface area (Å²) in [6.45, 7) is -0.0201. The van der Waals surface area contributed by atoms with E-state index in [0.29, 0.717) is 17.9 Å². The number of urea groups is 1. The van der Waals surface area contributed by atoms with Crippen molar-refractivity contribution in [2.75, 3.05) is 11.1 Å². The van der Waals surface area contributed by atoms with Crippen molar-refractivity contribution in [3.05, 3.63) is 95.1 Å². The summed E-state index contributed by atoms with van der Waals surface area (Å²) in [7, 11) is 0. The van der Waals surface area contributed by atoms with Crippen LogP contribution >= 0.6 is 11.8 Å². The number of carbonyl (C=O) groups excluding carboxylic acids is 1. The first-order chi connectivity index (χ1) is 21.8. The Labute approximate surface area is 267 Å². The molecule has 0 unspecified atom stereocenters. The van der Waals surface area contributed by atoms with E-state index < -0.39 is 12.3 Å². The monoisotopic (exact) mass is 628 g/mol. The van der Waals surface area contributed by atoms with Crippen LogP contribution < -0.4 is 10.6 Å². The molecule has 5 aliphatic rings. The SMILES string of the molecule is O=C(Nc1cccc([C@H]2O[C@@H](CSc3ccc(C(=O)O)cc3)C[C@@H](c3ccc(CO)cc3)O2)c1)NC12CC3CC(CC(C3)C1)C2. The molecule has 2 amide bonds. The van der Waals surface area contributed by atoms with E-state index in [4.69, 9.17) is 9.47 Å². The first kappa shape index (κ1) is 30.3. The first-order valence-electron chi connectivity index (χ1n) is 16.0. The van der Waals surface area contributed by atoms with Crippen LogP contribution in [0.4, 0.5) is 10.5 Å². The molecule has 1 saturated heterocycles. The second-order valence-corrected chi connectivity index (χ2v) is 14.5. The van der Waals surface area contributed by atoms with E-state index in [1.165, 1.54) is 19.3 Å². The van der Waals surface area contributed by atoms with Gasteiger partial charge in [0.25, 0.3) is 0 Å². The van der Waals surface area contributed by atoms with Crippen LogP contribution in [0.3, 0.4) is 0 Å². The fraction of sp³-hybridized carbons (Fsp3) is 0.444. The van der Waals surface area contributed by atoms with Crippen molar-refractivity contribution in [1.29, 1.82) is 0 Å². The summed E-state index contributed by atoms with van der Waals surface area (Å²) >= 11 is 1.61. The Bertz CT molecular complexity index is 1490. The van der Waals surface area contributed by atoms with Gasteiger partial charge in [-0.25, -0.2) is 9.59 Å². The van der Waals surface area contributed by atoms with Gasteiger partial charge in [-0.3, -0.25) is 0 Å². The molecule has 5 fully saturated rings. The molecule has 3 atom stereocenters. The van der Waals surface area contributed by atoms with E-state index in [1.807, 2.05) is 60.7 Å². The van der Waals surface area contributed by atoms with Crippen LogP contribution in [0.1, 0.15) is 84.4 Å². The van der Waals surface area contributed by atoms with Gasteiger partial charge in [0.15, 0.2) is 6.29 Å². The number of rotatable bonds is 9. The highest BCUT2D eigenvalue weighted by molar-refractivity contribution is 7.99. The molecule has 8 rings (SSSR count). The van der Waals surface area contributed by atoms with Crippen molar-refractivity contribution in [2.24, 2.45) is 17.8 Å². The van der Waals surface area contributed by atoms with Crippen LogP contribution in [-0.4, -0.2) is 39.6 Å². The van der Waals surface area contributed by atoms with Crippen LogP contribution in [0.15, 0.2) is 77.7 Å². The highest BCUT2D eigenvalue weighted by Crippen LogP contribution is 2.55. The van der Waals surface area contributed by atoms with Crippen molar-refractivity contribution in [2.45, 2.75) is 80.5 Å². The van der Waals surface area contributed by atoms with Gasteiger partial charge in [0.1, 0.15) is 0 Å². The van der Waals surface area contributed by atoms with Crippen LogP contribution in [-0.2, 0) is 16.1 Å². The third-order valence-corrected chi connectivity index (χ3v) is 11.1. The predicted molar refractivity (Wildman–Crippen MR) is 172 cm³/mol. The molecule has 3 aromatic carbocycles. The average Bonchev–Trinajstić information content (AvgIpc) is 3.03. The molecule has 4 bridgehead atoms. The van der Waals surface area contributed by atoms with E-state index in [0.717, 1.165) is 58.6 Å². The number of aromatic carboxylic acids is 1. The van der Waals surface area contributed by atoms with Gasteiger partial charge < -0.3 is 30.3 Å². The largest absolute Gasteiger partial charge is 0.478 e. The number of aliphatic hydroxyl groups is 1. The minimum Gasteiger partial charge on any atom is -0.478 e. The van der Waals surface area contributed by atoms with E-state index in [-0.39, 0.29) is 35.9 Å². The Balaban J connectivity index is 1.05. The van der Waals surface area contributed by atoms with Crippen molar-refractivity contribution in [3.63, 3.8) is 0 Å². The summed E-state index contributed by atoms with van der Waals surface area (Å²) in [6.07, 6.45) is 6.90. The third kappa shape index (κ3) is 6.92. The molecule has 0 aromatic heterocycles. The summed E-state index contributed by atoms with van der Waals surface area (Å²) < 4.78 is 13.0. The van der Waals surface area contributed by atoms with Gasteiger partial charge in [-0.2, -0.15) is 0 Å². The maximum absolute atomic E-state index is 13.3. The fourth-order valence-corrected chi connectivity index (χ4v) is 9.26. The summed E-state index contributed by atoms with van der Waals surface area (Å²) in [6, 6.07) is 22.2.